The molecule has 132 valence electrons. The fourth-order valence-corrected chi connectivity index (χ4v) is 2.27. The number of amides is 1. The number of allylic oxidation sites excluding steroid dienone is 1. The number of anilines is 1. The van der Waals surface area contributed by atoms with E-state index in [1.807, 2.05) is 25.1 Å². The first kappa shape index (κ1) is 18.4. The number of hydrogen-bond donors (Lipinski definition) is 1. The second-order valence-electron chi connectivity index (χ2n) is 5.27. The van der Waals surface area contributed by atoms with E-state index in [2.05, 4.69) is 11.9 Å². The summed E-state index contributed by atoms with van der Waals surface area (Å²) in [6, 6.07) is 12.8. The Kier molecular flexibility index (Phi) is 6.89. The zero-order valence-electron chi connectivity index (χ0n) is 14.6. The van der Waals surface area contributed by atoms with Crippen LogP contribution in [-0.2, 0) is 11.2 Å². The first-order chi connectivity index (χ1) is 12.2. The molecule has 25 heavy (non-hydrogen) atoms. The number of benzene rings is 2. The average molecular weight is 341 g/mol. The van der Waals surface area contributed by atoms with E-state index in [4.69, 9.17) is 14.2 Å². The van der Waals surface area contributed by atoms with E-state index in [0.29, 0.717) is 23.8 Å². The summed E-state index contributed by atoms with van der Waals surface area (Å²) in [5.74, 6) is 1.63. The first-order valence-electron chi connectivity index (χ1n) is 8.09. The van der Waals surface area contributed by atoms with Gasteiger partial charge in [-0.1, -0.05) is 12.1 Å². The van der Waals surface area contributed by atoms with Gasteiger partial charge >= 0.3 is 0 Å². The number of nitrogens with one attached hydrogen (secondary N) is 1. The van der Waals surface area contributed by atoms with Crippen molar-refractivity contribution in [2.24, 2.45) is 0 Å². The lowest BCUT2D eigenvalue weighted by Gasteiger charge is -2.12. The molecule has 0 radical (unpaired) electrons. The molecule has 0 saturated carbocycles. The maximum Gasteiger partial charge on any atom is 0.262 e. The van der Waals surface area contributed by atoms with Crippen LogP contribution in [0.2, 0.25) is 0 Å². The monoisotopic (exact) mass is 341 g/mol. The second-order valence-corrected chi connectivity index (χ2v) is 5.27. The van der Waals surface area contributed by atoms with Crippen LogP contribution < -0.4 is 19.5 Å². The molecule has 0 saturated heterocycles. The lowest BCUT2D eigenvalue weighted by molar-refractivity contribution is -0.118. The lowest BCUT2D eigenvalue weighted by atomic mass is 10.1. The summed E-state index contributed by atoms with van der Waals surface area (Å²) in [4.78, 5) is 12.0. The molecule has 0 aliphatic rings. The van der Waals surface area contributed by atoms with E-state index >= 15 is 0 Å². The average Bonchev–Trinajstić information content (AvgIpc) is 2.62. The van der Waals surface area contributed by atoms with E-state index in [-0.39, 0.29) is 12.5 Å². The highest BCUT2D eigenvalue weighted by Crippen LogP contribution is 2.28. The minimum absolute atomic E-state index is 0.107. The first-order valence-corrected chi connectivity index (χ1v) is 8.09. The van der Waals surface area contributed by atoms with Crippen molar-refractivity contribution in [1.29, 1.82) is 0 Å². The number of ether oxygens (including phenoxy) is 3. The topological polar surface area (TPSA) is 56.8 Å². The molecule has 0 atom stereocenters. The molecule has 0 aliphatic heterocycles. The Labute approximate surface area is 148 Å². The highest BCUT2D eigenvalue weighted by molar-refractivity contribution is 5.91. The second kappa shape index (κ2) is 9.37. The van der Waals surface area contributed by atoms with Gasteiger partial charge in [0.05, 0.1) is 13.7 Å². The molecule has 0 spiro atoms. The summed E-state index contributed by atoms with van der Waals surface area (Å²) in [6.45, 7) is 6.14. The van der Waals surface area contributed by atoms with E-state index < -0.39 is 0 Å². The van der Waals surface area contributed by atoms with Crippen LogP contribution >= 0.6 is 0 Å². The normalized spacial score (nSPS) is 10.0. The standard InChI is InChI=1S/C20H23NO4/c1-4-6-15-7-12-18(19(13-15)23-3)25-14-20(22)21-16-8-10-17(11-9-16)24-5-2/h4,7-13H,1,5-6,14H2,2-3H3,(H,21,22). The number of carbonyl (C=O) groups is 1. The summed E-state index contributed by atoms with van der Waals surface area (Å²) < 4.78 is 16.3. The molecule has 0 aromatic heterocycles. The Morgan fingerprint density at radius 2 is 1.88 bits per heavy atom. The molecule has 5 heteroatoms. The minimum atomic E-state index is -0.249. The van der Waals surface area contributed by atoms with Gasteiger partial charge in [0.15, 0.2) is 18.1 Å². The smallest absolute Gasteiger partial charge is 0.262 e. The fraction of sp³-hybridized carbons (Fsp3) is 0.250. The Morgan fingerprint density at radius 3 is 2.52 bits per heavy atom. The molecule has 0 bridgehead atoms. The van der Waals surface area contributed by atoms with Gasteiger partial charge in [0.2, 0.25) is 0 Å². The van der Waals surface area contributed by atoms with Crippen molar-refractivity contribution in [1.82, 2.24) is 0 Å². The van der Waals surface area contributed by atoms with Gasteiger partial charge in [-0.15, -0.1) is 6.58 Å². The van der Waals surface area contributed by atoms with E-state index in [1.165, 1.54) is 0 Å². The van der Waals surface area contributed by atoms with Crippen LogP contribution in [0, 0.1) is 0 Å². The van der Waals surface area contributed by atoms with E-state index in [9.17, 15) is 4.79 Å². The van der Waals surface area contributed by atoms with Crippen molar-refractivity contribution in [3.63, 3.8) is 0 Å². The molecule has 5 nitrogen and oxygen atoms in total. The van der Waals surface area contributed by atoms with Crippen molar-refractivity contribution < 1.29 is 19.0 Å². The van der Waals surface area contributed by atoms with Crippen molar-refractivity contribution in [2.75, 3.05) is 25.6 Å². The molecule has 2 aromatic rings. The Balaban J connectivity index is 1.91. The third-order valence-electron chi connectivity index (χ3n) is 3.42. The van der Waals surface area contributed by atoms with Gasteiger partial charge in [0.1, 0.15) is 5.75 Å². The lowest BCUT2D eigenvalue weighted by Crippen LogP contribution is -2.20. The summed E-state index contributed by atoms with van der Waals surface area (Å²) in [7, 11) is 1.57. The van der Waals surface area contributed by atoms with Crippen molar-refractivity contribution in [3.05, 3.63) is 60.7 Å². The van der Waals surface area contributed by atoms with Crippen LogP contribution in [0.25, 0.3) is 0 Å². The van der Waals surface area contributed by atoms with Crippen molar-refractivity contribution in [3.8, 4) is 17.2 Å². The van der Waals surface area contributed by atoms with Gasteiger partial charge < -0.3 is 19.5 Å². The zero-order chi connectivity index (χ0) is 18.1. The molecule has 0 aliphatic carbocycles. The fourth-order valence-electron chi connectivity index (χ4n) is 2.27. The maximum absolute atomic E-state index is 12.0. The Morgan fingerprint density at radius 1 is 1.12 bits per heavy atom. The van der Waals surface area contributed by atoms with Gasteiger partial charge in [-0.25, -0.2) is 0 Å². The van der Waals surface area contributed by atoms with Crippen molar-refractivity contribution >= 4 is 11.6 Å². The third-order valence-corrected chi connectivity index (χ3v) is 3.42. The predicted molar refractivity (Wildman–Crippen MR) is 98.6 cm³/mol. The number of methoxy groups -OCH3 is 1. The minimum Gasteiger partial charge on any atom is -0.494 e. The Bertz CT molecular complexity index is 710. The van der Waals surface area contributed by atoms with E-state index in [0.717, 1.165) is 17.7 Å². The summed E-state index contributed by atoms with van der Waals surface area (Å²) in [5.41, 5.74) is 1.75. The number of rotatable bonds is 9. The predicted octanol–water partition coefficient (Wildman–Crippen LogP) is 3.84. The van der Waals surface area contributed by atoms with Gasteiger partial charge in [-0.3, -0.25) is 4.79 Å². The van der Waals surface area contributed by atoms with Crippen molar-refractivity contribution in [2.45, 2.75) is 13.3 Å². The number of hydrogen-bond acceptors (Lipinski definition) is 4. The Hall–Kier alpha value is -2.95. The highest BCUT2D eigenvalue weighted by Gasteiger charge is 2.09. The van der Waals surface area contributed by atoms with Crippen LogP contribution in [-0.4, -0.2) is 26.2 Å². The van der Waals surface area contributed by atoms with Crippen LogP contribution in [0.1, 0.15) is 12.5 Å². The summed E-state index contributed by atoms with van der Waals surface area (Å²) in [5, 5.41) is 2.78. The summed E-state index contributed by atoms with van der Waals surface area (Å²) in [6.07, 6.45) is 2.56. The highest BCUT2D eigenvalue weighted by atomic mass is 16.5. The van der Waals surface area contributed by atoms with Gasteiger partial charge in [-0.05, 0) is 55.3 Å². The largest absolute Gasteiger partial charge is 0.494 e. The van der Waals surface area contributed by atoms with Gasteiger partial charge in [0, 0.05) is 5.69 Å². The van der Waals surface area contributed by atoms with Gasteiger partial charge in [-0.2, -0.15) is 0 Å². The molecular weight excluding hydrogens is 318 g/mol. The third kappa shape index (κ3) is 5.57. The van der Waals surface area contributed by atoms with E-state index in [1.54, 1.807) is 37.4 Å². The van der Waals surface area contributed by atoms with Crippen LogP contribution in [0.15, 0.2) is 55.1 Å². The van der Waals surface area contributed by atoms with Crippen LogP contribution in [0.4, 0.5) is 5.69 Å². The molecule has 1 N–H and O–H groups in total. The summed E-state index contributed by atoms with van der Waals surface area (Å²) >= 11 is 0. The maximum atomic E-state index is 12.0. The van der Waals surface area contributed by atoms with Crippen LogP contribution in [0.5, 0.6) is 17.2 Å². The molecule has 2 aromatic carbocycles. The molecular formula is C20H23NO4. The SMILES string of the molecule is C=CCc1ccc(OCC(=O)Nc2ccc(OCC)cc2)c(OC)c1. The van der Waals surface area contributed by atoms with Crippen LogP contribution in [0.3, 0.4) is 0 Å². The zero-order valence-corrected chi connectivity index (χ0v) is 14.6. The molecule has 1 amide bonds. The molecule has 0 unspecified atom stereocenters. The quantitative estimate of drug-likeness (QED) is 0.704. The number of carbonyl (C=O) groups excluding carboxylic acids is 1. The molecule has 0 heterocycles. The van der Waals surface area contributed by atoms with Gasteiger partial charge in [0.25, 0.3) is 5.91 Å². The molecule has 2 rings (SSSR count). The molecule has 0 fully saturated rings.